The average Bonchev–Trinajstić information content (AvgIpc) is 2.55. The highest BCUT2D eigenvalue weighted by atomic mass is 16.3. The number of amides is 1. The lowest BCUT2D eigenvalue weighted by molar-refractivity contribution is 0.0721. The van der Waals surface area contributed by atoms with Crippen molar-refractivity contribution in [3.05, 3.63) is 52.3 Å². The fourth-order valence-corrected chi connectivity index (χ4v) is 2.86. The van der Waals surface area contributed by atoms with Crippen molar-refractivity contribution in [1.29, 1.82) is 0 Å². The van der Waals surface area contributed by atoms with Crippen molar-refractivity contribution >= 4 is 5.91 Å². The molecule has 2 N–H and O–H groups in total. The predicted octanol–water partition coefficient (Wildman–Crippen LogP) is 2.37. The zero-order chi connectivity index (χ0) is 15.5. The van der Waals surface area contributed by atoms with Crippen LogP contribution in [0.1, 0.15) is 29.6 Å². The molecule has 0 aliphatic carbocycles. The second-order valence-corrected chi connectivity index (χ2v) is 5.49. The van der Waals surface area contributed by atoms with Gasteiger partial charge in [-0.1, -0.05) is 30.3 Å². The molecule has 0 unspecified atom stereocenters. The molecule has 1 aliphatic rings. The molecule has 0 spiro atoms. The molecule has 2 aromatic rings. The van der Waals surface area contributed by atoms with E-state index in [-0.39, 0.29) is 17.4 Å². The van der Waals surface area contributed by atoms with Crippen LogP contribution in [0.3, 0.4) is 0 Å². The van der Waals surface area contributed by atoms with Crippen molar-refractivity contribution in [3.8, 4) is 17.0 Å². The Labute approximate surface area is 128 Å². The quantitative estimate of drug-likeness (QED) is 0.894. The summed E-state index contributed by atoms with van der Waals surface area (Å²) in [4.78, 5) is 28.5. The SMILES string of the molecule is O=C(c1c(-c2ccccc2)cc(=O)[nH]c1O)N1CCCCC1. The molecular weight excluding hydrogens is 280 g/mol. The highest BCUT2D eigenvalue weighted by Crippen LogP contribution is 2.29. The number of carbonyl (C=O) groups excluding carboxylic acids is 1. The minimum atomic E-state index is -0.424. The van der Waals surface area contributed by atoms with Crippen LogP contribution in [0.15, 0.2) is 41.2 Å². The summed E-state index contributed by atoms with van der Waals surface area (Å²) in [5, 5.41) is 10.1. The summed E-state index contributed by atoms with van der Waals surface area (Å²) in [5.41, 5.74) is 0.959. The Kier molecular flexibility index (Phi) is 3.96. The van der Waals surface area contributed by atoms with Crippen LogP contribution >= 0.6 is 0 Å². The van der Waals surface area contributed by atoms with Gasteiger partial charge in [0.1, 0.15) is 5.56 Å². The van der Waals surface area contributed by atoms with Gasteiger partial charge in [0.25, 0.3) is 11.5 Å². The predicted molar refractivity (Wildman–Crippen MR) is 83.9 cm³/mol. The van der Waals surface area contributed by atoms with Crippen LogP contribution in [0, 0.1) is 0 Å². The summed E-state index contributed by atoms with van der Waals surface area (Å²) in [6.07, 6.45) is 3.06. The van der Waals surface area contributed by atoms with Gasteiger partial charge < -0.3 is 10.0 Å². The van der Waals surface area contributed by atoms with Gasteiger partial charge in [0, 0.05) is 24.7 Å². The number of pyridine rings is 1. The first-order valence-electron chi connectivity index (χ1n) is 7.48. The molecule has 1 amide bonds. The maximum Gasteiger partial charge on any atom is 0.259 e. The Hall–Kier alpha value is -2.56. The highest BCUT2D eigenvalue weighted by molar-refractivity contribution is 6.02. The lowest BCUT2D eigenvalue weighted by Gasteiger charge is -2.27. The van der Waals surface area contributed by atoms with Crippen molar-refractivity contribution in [2.24, 2.45) is 0 Å². The number of piperidine rings is 1. The molecule has 3 rings (SSSR count). The molecule has 114 valence electrons. The summed E-state index contributed by atoms with van der Waals surface area (Å²) in [6, 6.07) is 10.5. The Balaban J connectivity index is 2.10. The van der Waals surface area contributed by atoms with Crippen LogP contribution in [0.2, 0.25) is 0 Å². The van der Waals surface area contributed by atoms with E-state index in [1.54, 1.807) is 4.90 Å². The van der Waals surface area contributed by atoms with E-state index in [2.05, 4.69) is 4.98 Å². The fraction of sp³-hybridized carbons (Fsp3) is 0.294. The standard InChI is InChI=1S/C17H18N2O3/c20-14-11-13(12-7-3-1-4-8-12)15(16(21)18-14)17(22)19-9-5-2-6-10-19/h1,3-4,7-8,11H,2,5-6,9-10H2,(H2,18,20,21). The van der Waals surface area contributed by atoms with Crippen LogP contribution in [0.4, 0.5) is 0 Å². The first-order chi connectivity index (χ1) is 10.7. The summed E-state index contributed by atoms with van der Waals surface area (Å²) in [5.74, 6) is -0.589. The van der Waals surface area contributed by atoms with Crippen LogP contribution in [0.25, 0.3) is 11.1 Å². The van der Waals surface area contributed by atoms with Crippen LogP contribution in [-0.4, -0.2) is 34.0 Å². The topological polar surface area (TPSA) is 73.4 Å². The minimum Gasteiger partial charge on any atom is -0.494 e. The molecule has 0 bridgehead atoms. The Morgan fingerprint density at radius 3 is 2.45 bits per heavy atom. The monoisotopic (exact) mass is 298 g/mol. The molecule has 0 radical (unpaired) electrons. The second kappa shape index (κ2) is 6.05. The second-order valence-electron chi connectivity index (χ2n) is 5.49. The van der Waals surface area contributed by atoms with Crippen molar-refractivity contribution in [2.75, 3.05) is 13.1 Å². The van der Waals surface area contributed by atoms with Gasteiger partial charge in [-0.25, -0.2) is 0 Å². The molecule has 22 heavy (non-hydrogen) atoms. The molecule has 1 aromatic carbocycles. The van der Waals surface area contributed by atoms with Crippen molar-refractivity contribution in [1.82, 2.24) is 9.88 Å². The fourth-order valence-electron chi connectivity index (χ4n) is 2.86. The summed E-state index contributed by atoms with van der Waals surface area (Å²) >= 11 is 0. The number of nitrogens with one attached hydrogen (secondary N) is 1. The zero-order valence-corrected chi connectivity index (χ0v) is 12.2. The smallest absolute Gasteiger partial charge is 0.259 e. The number of benzene rings is 1. The van der Waals surface area contributed by atoms with Crippen LogP contribution in [0.5, 0.6) is 5.88 Å². The maximum absolute atomic E-state index is 12.8. The van der Waals surface area contributed by atoms with Crippen molar-refractivity contribution in [3.63, 3.8) is 0 Å². The molecule has 0 atom stereocenters. The molecule has 1 fully saturated rings. The van der Waals surface area contributed by atoms with Gasteiger partial charge >= 0.3 is 0 Å². The number of aromatic nitrogens is 1. The van der Waals surface area contributed by atoms with E-state index in [1.165, 1.54) is 6.07 Å². The van der Waals surface area contributed by atoms with Crippen LogP contribution < -0.4 is 5.56 Å². The summed E-state index contributed by atoms with van der Waals surface area (Å²) < 4.78 is 0. The average molecular weight is 298 g/mol. The van der Waals surface area contributed by atoms with Gasteiger partial charge in [-0.15, -0.1) is 0 Å². The molecule has 5 heteroatoms. The number of likely N-dealkylation sites (tertiary alicyclic amines) is 1. The van der Waals surface area contributed by atoms with Gasteiger partial charge in [-0.2, -0.15) is 0 Å². The van der Waals surface area contributed by atoms with E-state index in [1.807, 2.05) is 30.3 Å². The third-order valence-electron chi connectivity index (χ3n) is 3.97. The summed E-state index contributed by atoms with van der Waals surface area (Å²) in [6.45, 7) is 1.37. The van der Waals surface area contributed by atoms with Gasteiger partial charge in [0.05, 0.1) is 0 Å². The summed E-state index contributed by atoms with van der Waals surface area (Å²) in [7, 11) is 0. The zero-order valence-electron chi connectivity index (χ0n) is 12.2. The number of carbonyl (C=O) groups is 1. The highest BCUT2D eigenvalue weighted by Gasteiger charge is 2.25. The van der Waals surface area contributed by atoms with Gasteiger partial charge in [0.2, 0.25) is 5.88 Å². The molecule has 1 aromatic heterocycles. The molecule has 1 saturated heterocycles. The maximum atomic E-state index is 12.8. The first-order valence-corrected chi connectivity index (χ1v) is 7.48. The Bertz CT molecular complexity index is 731. The third-order valence-corrected chi connectivity index (χ3v) is 3.97. The largest absolute Gasteiger partial charge is 0.494 e. The van der Waals surface area contributed by atoms with E-state index in [4.69, 9.17) is 0 Å². The van der Waals surface area contributed by atoms with Gasteiger partial charge in [-0.3, -0.25) is 14.6 Å². The number of H-pyrrole nitrogens is 1. The molecule has 1 aliphatic heterocycles. The minimum absolute atomic E-state index is 0.174. The number of rotatable bonds is 2. The van der Waals surface area contributed by atoms with Crippen molar-refractivity contribution in [2.45, 2.75) is 19.3 Å². The number of nitrogens with zero attached hydrogens (tertiary/aromatic N) is 1. The number of aromatic hydroxyl groups is 1. The molecule has 0 saturated carbocycles. The number of aromatic amines is 1. The van der Waals surface area contributed by atoms with E-state index in [9.17, 15) is 14.7 Å². The third kappa shape index (κ3) is 2.74. The Morgan fingerprint density at radius 1 is 1.09 bits per heavy atom. The van der Waals surface area contributed by atoms with Gasteiger partial charge in [0.15, 0.2) is 0 Å². The molecular formula is C17H18N2O3. The van der Waals surface area contributed by atoms with Crippen molar-refractivity contribution < 1.29 is 9.90 Å². The normalized spacial score (nSPS) is 14.8. The Morgan fingerprint density at radius 2 is 1.77 bits per heavy atom. The lowest BCUT2D eigenvalue weighted by atomic mass is 9.99. The van der Waals surface area contributed by atoms with E-state index in [0.29, 0.717) is 18.7 Å². The molecule has 5 nitrogen and oxygen atoms in total. The number of hydrogen-bond donors (Lipinski definition) is 2. The van der Waals surface area contributed by atoms with E-state index in [0.717, 1.165) is 24.8 Å². The lowest BCUT2D eigenvalue weighted by Crippen LogP contribution is -2.36. The molecule has 2 heterocycles. The first kappa shape index (κ1) is 14.4. The van der Waals surface area contributed by atoms with E-state index >= 15 is 0 Å². The van der Waals surface area contributed by atoms with E-state index < -0.39 is 5.56 Å². The number of hydrogen-bond acceptors (Lipinski definition) is 3. The van der Waals surface area contributed by atoms with Gasteiger partial charge in [-0.05, 0) is 24.8 Å². The van der Waals surface area contributed by atoms with Crippen LogP contribution in [-0.2, 0) is 0 Å².